The predicted molar refractivity (Wildman–Crippen MR) is 78.9 cm³/mol. The molecule has 1 unspecified atom stereocenters. The molecule has 1 aromatic heterocycles. The van der Waals surface area contributed by atoms with Crippen molar-refractivity contribution in [2.45, 2.75) is 46.7 Å². The lowest BCUT2D eigenvalue weighted by atomic mass is 10.1. The van der Waals surface area contributed by atoms with Crippen molar-refractivity contribution >= 4 is 5.82 Å². The van der Waals surface area contributed by atoms with Crippen LogP contribution < -0.4 is 10.2 Å². The Kier molecular flexibility index (Phi) is 6.22. The van der Waals surface area contributed by atoms with Crippen molar-refractivity contribution in [1.29, 1.82) is 0 Å². The van der Waals surface area contributed by atoms with Gasteiger partial charge in [-0.05, 0) is 31.9 Å². The first-order valence-corrected chi connectivity index (χ1v) is 7.03. The second kappa shape index (κ2) is 7.43. The summed E-state index contributed by atoms with van der Waals surface area (Å²) in [6.07, 6.45) is 2.33. The molecule has 0 radical (unpaired) electrons. The molecule has 19 heavy (non-hydrogen) atoms. The van der Waals surface area contributed by atoms with Crippen LogP contribution in [0.2, 0.25) is 0 Å². The van der Waals surface area contributed by atoms with Gasteiger partial charge in [0.1, 0.15) is 11.6 Å². The van der Waals surface area contributed by atoms with Crippen molar-refractivity contribution in [3.63, 3.8) is 0 Å². The van der Waals surface area contributed by atoms with Crippen molar-refractivity contribution in [3.05, 3.63) is 23.6 Å². The van der Waals surface area contributed by atoms with E-state index in [-0.39, 0.29) is 5.82 Å². The summed E-state index contributed by atoms with van der Waals surface area (Å²) in [5.41, 5.74) is 0.920. The highest BCUT2D eigenvalue weighted by molar-refractivity contribution is 5.47. The zero-order valence-corrected chi connectivity index (χ0v) is 12.7. The summed E-state index contributed by atoms with van der Waals surface area (Å²) >= 11 is 0. The van der Waals surface area contributed by atoms with Gasteiger partial charge in [-0.1, -0.05) is 20.8 Å². The summed E-state index contributed by atoms with van der Waals surface area (Å²) in [5, 5.41) is 3.35. The Morgan fingerprint density at radius 3 is 2.63 bits per heavy atom. The zero-order chi connectivity index (χ0) is 14.4. The van der Waals surface area contributed by atoms with Crippen molar-refractivity contribution in [2.75, 3.05) is 18.5 Å². The molecule has 0 spiro atoms. The van der Waals surface area contributed by atoms with Gasteiger partial charge in [-0.2, -0.15) is 0 Å². The number of aromatic nitrogens is 1. The second-order valence-corrected chi connectivity index (χ2v) is 5.53. The molecule has 0 aromatic carbocycles. The fraction of sp³-hybridized carbons (Fsp3) is 0.667. The number of nitrogens with one attached hydrogen (secondary N) is 1. The minimum atomic E-state index is -0.275. The van der Waals surface area contributed by atoms with Crippen LogP contribution in [-0.2, 0) is 6.54 Å². The molecule has 1 rings (SSSR count). The van der Waals surface area contributed by atoms with Crippen LogP contribution in [0, 0.1) is 11.7 Å². The molecule has 108 valence electrons. The minimum Gasteiger partial charge on any atom is -0.357 e. The molecule has 0 amide bonds. The molecule has 0 aliphatic rings. The number of hydrogen-bond acceptors (Lipinski definition) is 3. The summed E-state index contributed by atoms with van der Waals surface area (Å²) in [5.74, 6) is 1.17. The number of rotatable bonds is 7. The van der Waals surface area contributed by atoms with Crippen LogP contribution in [0.3, 0.4) is 0 Å². The Morgan fingerprint density at radius 2 is 2.05 bits per heavy atom. The standard InChI is InChI=1S/C15H26FN3/c1-6-12(4)19(5)15-13(7-14(16)10-18-15)9-17-8-11(2)3/h7,10-12,17H,6,8-9H2,1-5H3. The highest BCUT2D eigenvalue weighted by atomic mass is 19.1. The molecule has 1 heterocycles. The van der Waals surface area contributed by atoms with E-state index < -0.39 is 0 Å². The number of hydrogen-bond donors (Lipinski definition) is 1. The van der Waals surface area contributed by atoms with E-state index in [2.05, 4.69) is 42.9 Å². The quantitative estimate of drug-likeness (QED) is 0.822. The maximum Gasteiger partial charge on any atom is 0.141 e. The molecule has 0 saturated heterocycles. The third-order valence-electron chi connectivity index (χ3n) is 3.36. The lowest BCUT2D eigenvalue weighted by Gasteiger charge is -2.27. The Hall–Kier alpha value is -1.16. The number of halogens is 1. The number of anilines is 1. The van der Waals surface area contributed by atoms with Crippen molar-refractivity contribution < 1.29 is 4.39 Å². The molecule has 0 bridgehead atoms. The van der Waals surface area contributed by atoms with E-state index in [0.717, 1.165) is 24.3 Å². The van der Waals surface area contributed by atoms with E-state index >= 15 is 0 Å². The molecule has 0 saturated carbocycles. The fourth-order valence-electron chi connectivity index (χ4n) is 1.90. The third-order valence-corrected chi connectivity index (χ3v) is 3.36. The predicted octanol–water partition coefficient (Wildman–Crippen LogP) is 3.20. The van der Waals surface area contributed by atoms with Crippen LogP contribution in [0.25, 0.3) is 0 Å². The van der Waals surface area contributed by atoms with Gasteiger partial charge < -0.3 is 10.2 Å². The first-order valence-electron chi connectivity index (χ1n) is 7.03. The first-order chi connectivity index (χ1) is 8.95. The van der Waals surface area contributed by atoms with E-state index in [1.54, 1.807) is 6.07 Å². The summed E-state index contributed by atoms with van der Waals surface area (Å²) in [6.45, 7) is 10.2. The van der Waals surface area contributed by atoms with Gasteiger partial charge in [-0.25, -0.2) is 9.37 Å². The van der Waals surface area contributed by atoms with Gasteiger partial charge in [0, 0.05) is 25.2 Å². The molecule has 1 N–H and O–H groups in total. The van der Waals surface area contributed by atoms with Crippen LogP contribution in [-0.4, -0.2) is 24.6 Å². The maximum absolute atomic E-state index is 13.4. The first kappa shape index (κ1) is 15.9. The molecular weight excluding hydrogens is 241 g/mol. The molecule has 0 fully saturated rings. The largest absolute Gasteiger partial charge is 0.357 e. The summed E-state index contributed by atoms with van der Waals surface area (Å²) in [4.78, 5) is 6.37. The Bertz CT molecular complexity index is 393. The molecule has 3 nitrogen and oxygen atoms in total. The highest BCUT2D eigenvalue weighted by Crippen LogP contribution is 2.20. The zero-order valence-electron chi connectivity index (χ0n) is 12.7. The van der Waals surface area contributed by atoms with Crippen LogP contribution in [0.15, 0.2) is 12.3 Å². The Morgan fingerprint density at radius 1 is 1.37 bits per heavy atom. The fourth-order valence-corrected chi connectivity index (χ4v) is 1.90. The summed E-state index contributed by atoms with van der Waals surface area (Å²) < 4.78 is 13.4. The molecule has 1 atom stereocenters. The Labute approximate surface area is 116 Å². The van der Waals surface area contributed by atoms with Gasteiger partial charge in [-0.3, -0.25) is 0 Å². The summed E-state index contributed by atoms with van der Waals surface area (Å²) in [7, 11) is 2.01. The third kappa shape index (κ3) is 4.78. The lowest BCUT2D eigenvalue weighted by molar-refractivity contribution is 0.546. The summed E-state index contributed by atoms with van der Waals surface area (Å²) in [6, 6.07) is 1.97. The van der Waals surface area contributed by atoms with Crippen LogP contribution in [0.1, 0.15) is 39.7 Å². The van der Waals surface area contributed by atoms with Gasteiger partial charge >= 0.3 is 0 Å². The van der Waals surface area contributed by atoms with Gasteiger partial charge in [0.2, 0.25) is 0 Å². The van der Waals surface area contributed by atoms with E-state index in [9.17, 15) is 4.39 Å². The van der Waals surface area contributed by atoms with Crippen LogP contribution >= 0.6 is 0 Å². The number of pyridine rings is 1. The Balaban J connectivity index is 2.85. The van der Waals surface area contributed by atoms with E-state index in [0.29, 0.717) is 18.5 Å². The van der Waals surface area contributed by atoms with E-state index in [4.69, 9.17) is 0 Å². The maximum atomic E-state index is 13.4. The molecule has 4 heteroatoms. The SMILES string of the molecule is CCC(C)N(C)c1ncc(F)cc1CNCC(C)C. The highest BCUT2D eigenvalue weighted by Gasteiger charge is 2.14. The van der Waals surface area contributed by atoms with Crippen molar-refractivity contribution in [3.8, 4) is 0 Å². The molecule has 0 aliphatic carbocycles. The average Bonchev–Trinajstić information content (AvgIpc) is 2.37. The molecule has 1 aromatic rings. The van der Waals surface area contributed by atoms with Crippen molar-refractivity contribution in [1.82, 2.24) is 10.3 Å². The topological polar surface area (TPSA) is 28.2 Å². The van der Waals surface area contributed by atoms with Crippen LogP contribution in [0.4, 0.5) is 10.2 Å². The normalized spacial score (nSPS) is 12.8. The molecule has 0 aliphatic heterocycles. The van der Waals surface area contributed by atoms with Crippen molar-refractivity contribution in [2.24, 2.45) is 5.92 Å². The lowest BCUT2D eigenvalue weighted by Crippen LogP contribution is -2.31. The van der Waals surface area contributed by atoms with E-state index in [1.807, 2.05) is 7.05 Å². The van der Waals surface area contributed by atoms with Gasteiger partial charge in [0.25, 0.3) is 0 Å². The smallest absolute Gasteiger partial charge is 0.141 e. The monoisotopic (exact) mass is 267 g/mol. The number of nitrogens with zero attached hydrogens (tertiary/aromatic N) is 2. The van der Waals surface area contributed by atoms with Gasteiger partial charge in [-0.15, -0.1) is 0 Å². The second-order valence-electron chi connectivity index (χ2n) is 5.53. The van der Waals surface area contributed by atoms with Crippen LogP contribution in [0.5, 0.6) is 0 Å². The van der Waals surface area contributed by atoms with Gasteiger partial charge in [0.15, 0.2) is 0 Å². The van der Waals surface area contributed by atoms with Gasteiger partial charge in [0.05, 0.1) is 6.20 Å². The minimum absolute atomic E-state index is 0.275. The molecular formula is C15H26FN3. The average molecular weight is 267 g/mol. The van der Waals surface area contributed by atoms with E-state index in [1.165, 1.54) is 6.20 Å².